The molecule has 9 heteroatoms. The van der Waals surface area contributed by atoms with E-state index in [-0.39, 0.29) is 11.3 Å². The van der Waals surface area contributed by atoms with Gasteiger partial charge in [-0.25, -0.2) is 8.42 Å². The zero-order chi connectivity index (χ0) is 20.0. The Bertz CT molecular complexity index is 931. The van der Waals surface area contributed by atoms with Crippen LogP contribution in [0.4, 0.5) is 0 Å². The van der Waals surface area contributed by atoms with Crippen molar-refractivity contribution in [1.29, 1.82) is 0 Å². The van der Waals surface area contributed by atoms with Gasteiger partial charge >= 0.3 is 5.97 Å². The Morgan fingerprint density at radius 3 is 2.44 bits per heavy atom. The van der Waals surface area contributed by atoms with E-state index in [9.17, 15) is 18.0 Å². The zero-order valence-electron chi connectivity index (χ0n) is 14.3. The number of rotatable bonds is 7. The topological polar surface area (TPSA) is 89.5 Å². The van der Waals surface area contributed by atoms with Gasteiger partial charge in [-0.1, -0.05) is 39.7 Å². The molecule has 2 aromatic rings. The van der Waals surface area contributed by atoms with Crippen LogP contribution in [0, 0.1) is 0 Å². The lowest BCUT2D eigenvalue weighted by molar-refractivity contribution is -0.141. The summed E-state index contributed by atoms with van der Waals surface area (Å²) in [6, 6.07) is 11.8. The van der Waals surface area contributed by atoms with Gasteiger partial charge in [0.05, 0.1) is 24.5 Å². The van der Waals surface area contributed by atoms with Gasteiger partial charge in [0, 0.05) is 9.50 Å². The highest BCUT2D eigenvalue weighted by Gasteiger charge is 2.24. The number of hydrogen-bond donors (Lipinski definition) is 1. The molecule has 1 unspecified atom stereocenters. The second kappa shape index (κ2) is 9.34. The van der Waals surface area contributed by atoms with E-state index in [0.29, 0.717) is 10.6 Å². The maximum atomic E-state index is 12.4. The molecule has 0 radical (unpaired) electrons. The van der Waals surface area contributed by atoms with E-state index in [1.807, 2.05) is 0 Å². The first-order valence-corrected chi connectivity index (χ1v) is 10.6. The lowest BCUT2D eigenvalue weighted by Crippen LogP contribution is -2.35. The van der Waals surface area contributed by atoms with Crippen LogP contribution in [0.2, 0.25) is 5.02 Å². The standard InChI is InChI=1S/C18H17BrClNO5S/c1-26-18(23)10-16(12-3-2-4-13(19)9-12)21-17(22)11-27(24,25)15-7-5-14(20)6-8-15/h2-9,16H,10-11H2,1H3,(H,21,22). The van der Waals surface area contributed by atoms with Crippen LogP contribution in [0.1, 0.15) is 18.0 Å². The van der Waals surface area contributed by atoms with Gasteiger partial charge in [-0.2, -0.15) is 0 Å². The number of sulfone groups is 1. The molecule has 0 aliphatic rings. The second-order valence-corrected chi connectivity index (χ2v) is 9.01. The lowest BCUT2D eigenvalue weighted by atomic mass is 10.0. The molecule has 1 atom stereocenters. The Balaban J connectivity index is 2.17. The molecule has 0 saturated heterocycles. The summed E-state index contributed by atoms with van der Waals surface area (Å²) in [5, 5.41) is 2.99. The van der Waals surface area contributed by atoms with Crippen LogP contribution in [-0.4, -0.2) is 33.2 Å². The summed E-state index contributed by atoms with van der Waals surface area (Å²) < 4.78 is 30.2. The Hall–Kier alpha value is -1.90. The molecule has 1 N–H and O–H groups in total. The largest absolute Gasteiger partial charge is 0.469 e. The van der Waals surface area contributed by atoms with E-state index >= 15 is 0 Å². The molecule has 0 aliphatic carbocycles. The van der Waals surface area contributed by atoms with E-state index in [1.165, 1.54) is 31.4 Å². The van der Waals surface area contributed by atoms with Crippen molar-refractivity contribution in [1.82, 2.24) is 5.32 Å². The summed E-state index contributed by atoms with van der Waals surface area (Å²) >= 11 is 9.09. The summed E-state index contributed by atoms with van der Waals surface area (Å²) in [5.41, 5.74) is 0.645. The van der Waals surface area contributed by atoms with E-state index < -0.39 is 33.5 Å². The van der Waals surface area contributed by atoms with Crippen molar-refractivity contribution in [2.24, 2.45) is 0 Å². The third-order valence-electron chi connectivity index (χ3n) is 3.68. The molecule has 2 rings (SSSR count). The fraction of sp³-hybridized carbons (Fsp3) is 0.222. The summed E-state index contributed by atoms with van der Waals surface area (Å²) in [6.45, 7) is 0. The normalized spacial score (nSPS) is 12.3. The van der Waals surface area contributed by atoms with Gasteiger partial charge in [-0.15, -0.1) is 0 Å². The van der Waals surface area contributed by atoms with Gasteiger partial charge < -0.3 is 10.1 Å². The number of benzene rings is 2. The van der Waals surface area contributed by atoms with Gasteiger partial charge in [0.2, 0.25) is 5.91 Å². The fourth-order valence-electron chi connectivity index (χ4n) is 2.36. The molecule has 6 nitrogen and oxygen atoms in total. The highest BCUT2D eigenvalue weighted by atomic mass is 79.9. The van der Waals surface area contributed by atoms with E-state index in [1.54, 1.807) is 24.3 Å². The molecule has 1 amide bonds. The summed E-state index contributed by atoms with van der Waals surface area (Å²) in [4.78, 5) is 24.0. The van der Waals surface area contributed by atoms with Crippen molar-refractivity contribution >= 4 is 49.2 Å². The molecule has 2 aromatic carbocycles. The minimum atomic E-state index is -3.84. The highest BCUT2D eigenvalue weighted by molar-refractivity contribution is 9.10. The first kappa shape index (κ1) is 21.4. The zero-order valence-corrected chi connectivity index (χ0v) is 17.5. The predicted molar refractivity (Wildman–Crippen MR) is 105 cm³/mol. The van der Waals surface area contributed by atoms with E-state index in [4.69, 9.17) is 11.6 Å². The molecule has 0 heterocycles. The number of esters is 1. The predicted octanol–water partition coefficient (Wildman–Crippen LogP) is 3.30. The molecule has 0 saturated carbocycles. The van der Waals surface area contributed by atoms with Crippen LogP contribution in [0.3, 0.4) is 0 Å². The van der Waals surface area contributed by atoms with Crippen LogP contribution in [0.25, 0.3) is 0 Å². The summed E-state index contributed by atoms with van der Waals surface area (Å²) in [5.74, 6) is -2.00. The van der Waals surface area contributed by atoms with Gasteiger partial charge in [0.15, 0.2) is 9.84 Å². The van der Waals surface area contributed by atoms with Crippen molar-refractivity contribution in [2.45, 2.75) is 17.4 Å². The minimum Gasteiger partial charge on any atom is -0.469 e. The fourth-order valence-corrected chi connectivity index (χ4v) is 4.05. The Morgan fingerprint density at radius 2 is 1.85 bits per heavy atom. The van der Waals surface area contributed by atoms with Crippen LogP contribution in [-0.2, 0) is 24.2 Å². The average Bonchev–Trinajstić information content (AvgIpc) is 2.61. The van der Waals surface area contributed by atoms with Crippen molar-refractivity contribution < 1.29 is 22.7 Å². The number of amides is 1. The molecule has 0 aromatic heterocycles. The van der Waals surface area contributed by atoms with Crippen molar-refractivity contribution in [3.8, 4) is 0 Å². The molecule has 0 bridgehead atoms. The number of halogens is 2. The van der Waals surface area contributed by atoms with Crippen LogP contribution < -0.4 is 5.32 Å². The summed E-state index contributed by atoms with van der Waals surface area (Å²) in [7, 11) is -2.60. The van der Waals surface area contributed by atoms with Crippen molar-refractivity contribution in [3.05, 3.63) is 63.6 Å². The van der Waals surface area contributed by atoms with Gasteiger partial charge in [0.1, 0.15) is 5.75 Å². The van der Waals surface area contributed by atoms with Gasteiger partial charge in [0.25, 0.3) is 0 Å². The Labute approximate surface area is 170 Å². The van der Waals surface area contributed by atoms with Crippen LogP contribution in [0.5, 0.6) is 0 Å². The number of carbonyl (C=O) groups is 2. The monoisotopic (exact) mass is 473 g/mol. The lowest BCUT2D eigenvalue weighted by Gasteiger charge is -2.18. The van der Waals surface area contributed by atoms with Crippen LogP contribution in [0.15, 0.2) is 57.9 Å². The van der Waals surface area contributed by atoms with Gasteiger partial charge in [-0.3, -0.25) is 9.59 Å². The molecule has 0 fully saturated rings. The number of carbonyl (C=O) groups excluding carboxylic acids is 2. The number of nitrogens with one attached hydrogen (secondary N) is 1. The third kappa shape index (κ3) is 6.34. The van der Waals surface area contributed by atoms with Crippen LogP contribution >= 0.6 is 27.5 Å². The summed E-state index contributed by atoms with van der Waals surface area (Å²) in [6.07, 6.45) is -0.125. The molecule has 0 spiro atoms. The molecule has 27 heavy (non-hydrogen) atoms. The van der Waals surface area contributed by atoms with Crippen molar-refractivity contribution in [2.75, 3.05) is 12.9 Å². The Kier molecular flexibility index (Phi) is 7.41. The van der Waals surface area contributed by atoms with E-state index in [2.05, 4.69) is 26.0 Å². The molecule has 144 valence electrons. The molecular weight excluding hydrogens is 458 g/mol. The highest BCUT2D eigenvalue weighted by Crippen LogP contribution is 2.22. The van der Waals surface area contributed by atoms with Crippen molar-refractivity contribution in [3.63, 3.8) is 0 Å². The number of methoxy groups -OCH3 is 1. The molecular formula is C18H17BrClNO5S. The van der Waals surface area contributed by atoms with Gasteiger partial charge in [-0.05, 0) is 42.0 Å². The second-order valence-electron chi connectivity index (χ2n) is 5.67. The Morgan fingerprint density at radius 1 is 1.19 bits per heavy atom. The minimum absolute atomic E-state index is 0.00553. The third-order valence-corrected chi connectivity index (χ3v) is 6.06. The quantitative estimate of drug-likeness (QED) is 0.622. The average molecular weight is 475 g/mol. The SMILES string of the molecule is COC(=O)CC(NC(=O)CS(=O)(=O)c1ccc(Cl)cc1)c1cccc(Br)c1. The maximum absolute atomic E-state index is 12.4. The maximum Gasteiger partial charge on any atom is 0.307 e. The number of ether oxygens (including phenoxy) is 1. The smallest absolute Gasteiger partial charge is 0.307 e. The first-order chi connectivity index (χ1) is 12.7. The molecule has 0 aliphatic heterocycles. The van der Waals surface area contributed by atoms with E-state index in [0.717, 1.165) is 4.47 Å². The first-order valence-electron chi connectivity index (χ1n) is 7.81. The number of hydrogen-bond acceptors (Lipinski definition) is 5.